The number of aromatic nitrogens is 3. The molecule has 1 aliphatic rings. The van der Waals surface area contributed by atoms with Gasteiger partial charge in [-0.1, -0.05) is 24.3 Å². The van der Waals surface area contributed by atoms with Crippen LogP contribution in [0.1, 0.15) is 49.3 Å². The molecule has 0 radical (unpaired) electrons. The van der Waals surface area contributed by atoms with Gasteiger partial charge in [-0.15, -0.1) is 0 Å². The number of carboxylic acids is 1. The number of rotatable bonds is 5. The first-order chi connectivity index (χ1) is 14.8. The molecule has 0 saturated heterocycles. The average molecular weight is 429 g/mol. The van der Waals surface area contributed by atoms with Crippen LogP contribution in [0, 0.1) is 5.92 Å². The SMILES string of the molecule is O=C(O)CC1CCC(c2ccc(-c3ccc(-c4ncc(C(F)(F)F)[nH]4)cn3)cc2)CC1. The van der Waals surface area contributed by atoms with Crippen molar-refractivity contribution in [2.75, 3.05) is 0 Å². The van der Waals surface area contributed by atoms with Gasteiger partial charge < -0.3 is 10.1 Å². The lowest BCUT2D eigenvalue weighted by atomic mass is 9.77. The second-order valence-electron chi connectivity index (χ2n) is 8.01. The van der Waals surface area contributed by atoms with Crippen molar-refractivity contribution in [1.29, 1.82) is 0 Å². The molecule has 1 aromatic carbocycles. The third kappa shape index (κ3) is 4.95. The van der Waals surface area contributed by atoms with Gasteiger partial charge in [0, 0.05) is 23.7 Å². The van der Waals surface area contributed by atoms with Crippen molar-refractivity contribution >= 4 is 5.97 Å². The molecule has 3 aromatic rings. The second kappa shape index (κ2) is 8.53. The number of carboxylic acid groups (broad SMARTS) is 1. The van der Waals surface area contributed by atoms with Crippen LogP contribution in [0.2, 0.25) is 0 Å². The van der Waals surface area contributed by atoms with E-state index in [0.717, 1.165) is 43.1 Å². The Morgan fingerprint density at radius 2 is 1.65 bits per heavy atom. The molecule has 0 bridgehead atoms. The van der Waals surface area contributed by atoms with Crippen molar-refractivity contribution in [1.82, 2.24) is 15.0 Å². The summed E-state index contributed by atoms with van der Waals surface area (Å²) >= 11 is 0. The Morgan fingerprint density at radius 3 is 2.19 bits per heavy atom. The fourth-order valence-electron chi connectivity index (χ4n) is 4.19. The van der Waals surface area contributed by atoms with Gasteiger partial charge >= 0.3 is 12.1 Å². The summed E-state index contributed by atoms with van der Waals surface area (Å²) < 4.78 is 38.2. The number of nitrogens with one attached hydrogen (secondary N) is 1. The van der Waals surface area contributed by atoms with Crippen LogP contribution in [-0.4, -0.2) is 26.0 Å². The number of hydrogen-bond acceptors (Lipinski definition) is 3. The third-order valence-corrected chi connectivity index (χ3v) is 5.91. The van der Waals surface area contributed by atoms with Crippen LogP contribution in [0.3, 0.4) is 0 Å². The number of imidazole rings is 1. The Kier molecular flexibility index (Phi) is 5.80. The monoisotopic (exact) mass is 429 g/mol. The van der Waals surface area contributed by atoms with Gasteiger partial charge in [-0.25, -0.2) is 4.98 Å². The van der Waals surface area contributed by atoms with Crippen LogP contribution < -0.4 is 0 Å². The van der Waals surface area contributed by atoms with E-state index in [9.17, 15) is 18.0 Å². The van der Waals surface area contributed by atoms with E-state index < -0.39 is 17.8 Å². The van der Waals surface area contributed by atoms with E-state index in [1.807, 2.05) is 12.1 Å². The number of carbonyl (C=O) groups is 1. The van der Waals surface area contributed by atoms with E-state index in [1.165, 1.54) is 11.8 Å². The number of hydrogen-bond donors (Lipinski definition) is 2. The van der Waals surface area contributed by atoms with Gasteiger partial charge in [-0.2, -0.15) is 13.2 Å². The molecule has 0 spiro atoms. The largest absolute Gasteiger partial charge is 0.481 e. The number of aromatic amines is 1. The van der Waals surface area contributed by atoms with Crippen LogP contribution in [0.25, 0.3) is 22.6 Å². The molecule has 1 saturated carbocycles. The number of aliphatic carboxylic acids is 1. The minimum absolute atomic E-state index is 0.125. The summed E-state index contributed by atoms with van der Waals surface area (Å²) in [5, 5.41) is 8.95. The molecule has 1 aliphatic carbocycles. The molecule has 0 atom stereocenters. The first-order valence-electron chi connectivity index (χ1n) is 10.2. The molecule has 2 aromatic heterocycles. The normalized spacial score (nSPS) is 19.3. The average Bonchev–Trinajstić information content (AvgIpc) is 3.25. The third-order valence-electron chi connectivity index (χ3n) is 5.91. The van der Waals surface area contributed by atoms with Crippen molar-refractivity contribution in [3.63, 3.8) is 0 Å². The van der Waals surface area contributed by atoms with Gasteiger partial charge in [-0.05, 0) is 55.2 Å². The number of nitrogens with zero attached hydrogens (tertiary/aromatic N) is 2. The zero-order valence-electron chi connectivity index (χ0n) is 16.7. The summed E-state index contributed by atoms with van der Waals surface area (Å²) in [6.07, 6.45) is 1.93. The van der Waals surface area contributed by atoms with Crippen LogP contribution in [-0.2, 0) is 11.0 Å². The Labute approximate surface area is 177 Å². The molecule has 2 heterocycles. The van der Waals surface area contributed by atoms with E-state index >= 15 is 0 Å². The second-order valence-corrected chi connectivity index (χ2v) is 8.01. The Bertz CT molecular complexity index is 1040. The Hall–Kier alpha value is -3.16. The van der Waals surface area contributed by atoms with Crippen molar-refractivity contribution in [3.8, 4) is 22.6 Å². The molecule has 2 N–H and O–H groups in total. The van der Waals surface area contributed by atoms with Crippen molar-refractivity contribution in [2.45, 2.75) is 44.2 Å². The molecule has 0 aliphatic heterocycles. The maximum absolute atomic E-state index is 12.7. The first kappa shape index (κ1) is 21.1. The molecule has 0 unspecified atom stereocenters. The molecule has 8 heteroatoms. The molecule has 0 amide bonds. The number of benzene rings is 1. The number of pyridine rings is 1. The highest BCUT2D eigenvalue weighted by Crippen LogP contribution is 2.37. The standard InChI is InChI=1S/C23H22F3N3O2/c24-23(25,26)20-13-28-22(29-20)18-9-10-19(27-12-18)17-7-5-16(6-8-17)15-3-1-14(2-4-15)11-21(30)31/h5-10,12-15H,1-4,11H2,(H,28,29)(H,30,31). The lowest BCUT2D eigenvalue weighted by molar-refractivity contribution is -0.141. The number of halogens is 3. The first-order valence-corrected chi connectivity index (χ1v) is 10.2. The summed E-state index contributed by atoms with van der Waals surface area (Å²) in [6.45, 7) is 0. The molecule has 1 fully saturated rings. The zero-order valence-corrected chi connectivity index (χ0v) is 16.7. The predicted octanol–water partition coefficient (Wildman–Crippen LogP) is 5.91. The molecule has 162 valence electrons. The topological polar surface area (TPSA) is 78.9 Å². The highest BCUT2D eigenvalue weighted by Gasteiger charge is 2.33. The summed E-state index contributed by atoms with van der Waals surface area (Å²) in [5.41, 5.74) is 2.48. The van der Waals surface area contributed by atoms with Crippen LogP contribution in [0.5, 0.6) is 0 Å². The van der Waals surface area contributed by atoms with E-state index in [-0.39, 0.29) is 18.2 Å². The predicted molar refractivity (Wildman–Crippen MR) is 109 cm³/mol. The lowest BCUT2D eigenvalue weighted by Crippen LogP contribution is -2.16. The van der Waals surface area contributed by atoms with Gasteiger partial charge in [0.15, 0.2) is 0 Å². The van der Waals surface area contributed by atoms with Crippen molar-refractivity contribution < 1.29 is 23.1 Å². The number of H-pyrrole nitrogens is 1. The summed E-state index contributed by atoms with van der Waals surface area (Å²) in [6, 6.07) is 11.6. The maximum atomic E-state index is 12.7. The molecule has 4 rings (SSSR count). The fraction of sp³-hybridized carbons (Fsp3) is 0.348. The van der Waals surface area contributed by atoms with Gasteiger partial charge in [0.05, 0.1) is 11.9 Å². The van der Waals surface area contributed by atoms with Crippen LogP contribution in [0.15, 0.2) is 48.8 Å². The van der Waals surface area contributed by atoms with Crippen LogP contribution >= 0.6 is 0 Å². The van der Waals surface area contributed by atoms with E-state index in [0.29, 0.717) is 11.5 Å². The fourth-order valence-corrected chi connectivity index (χ4v) is 4.19. The van der Waals surface area contributed by atoms with E-state index in [2.05, 4.69) is 27.1 Å². The summed E-state index contributed by atoms with van der Waals surface area (Å²) in [4.78, 5) is 21.3. The maximum Gasteiger partial charge on any atom is 0.432 e. The quantitative estimate of drug-likeness (QED) is 0.529. The number of alkyl halides is 3. The van der Waals surface area contributed by atoms with Crippen molar-refractivity contribution in [3.05, 3.63) is 60.0 Å². The summed E-state index contributed by atoms with van der Waals surface area (Å²) in [5.74, 6) is 0.118. The lowest BCUT2D eigenvalue weighted by Gasteiger charge is -2.28. The Balaban J connectivity index is 1.41. The van der Waals surface area contributed by atoms with Gasteiger partial charge in [0.25, 0.3) is 0 Å². The smallest absolute Gasteiger partial charge is 0.432 e. The molecule has 5 nitrogen and oxygen atoms in total. The molecular weight excluding hydrogens is 407 g/mol. The van der Waals surface area contributed by atoms with E-state index in [1.54, 1.807) is 12.1 Å². The van der Waals surface area contributed by atoms with Gasteiger partial charge in [-0.3, -0.25) is 9.78 Å². The Morgan fingerprint density at radius 1 is 0.968 bits per heavy atom. The van der Waals surface area contributed by atoms with E-state index in [4.69, 9.17) is 5.11 Å². The molecule has 31 heavy (non-hydrogen) atoms. The summed E-state index contributed by atoms with van der Waals surface area (Å²) in [7, 11) is 0. The van der Waals surface area contributed by atoms with Gasteiger partial charge in [0.1, 0.15) is 11.5 Å². The van der Waals surface area contributed by atoms with Crippen molar-refractivity contribution in [2.24, 2.45) is 5.92 Å². The minimum atomic E-state index is -4.46. The highest BCUT2D eigenvalue weighted by molar-refractivity contribution is 5.67. The zero-order chi connectivity index (χ0) is 22.0. The van der Waals surface area contributed by atoms with Gasteiger partial charge in [0.2, 0.25) is 0 Å². The molecular formula is C23H22F3N3O2. The van der Waals surface area contributed by atoms with Crippen LogP contribution in [0.4, 0.5) is 13.2 Å². The highest BCUT2D eigenvalue weighted by atomic mass is 19.4. The minimum Gasteiger partial charge on any atom is -0.481 e.